The van der Waals surface area contributed by atoms with Crippen LogP contribution in [0.5, 0.6) is 0 Å². The van der Waals surface area contributed by atoms with E-state index < -0.39 is 0 Å². The smallest absolute Gasteiger partial charge is 0.124 e. The van der Waals surface area contributed by atoms with Gasteiger partial charge in [-0.1, -0.05) is 176 Å². The van der Waals surface area contributed by atoms with E-state index in [1.807, 2.05) is 11.3 Å². The van der Waals surface area contributed by atoms with Gasteiger partial charge in [-0.15, -0.1) is 22.7 Å². The van der Waals surface area contributed by atoms with Crippen LogP contribution in [0.4, 0.5) is 17.1 Å². The first-order valence-corrected chi connectivity index (χ1v) is 22.9. The molecule has 10 aromatic carbocycles. The van der Waals surface area contributed by atoms with Crippen molar-refractivity contribution in [2.24, 2.45) is 0 Å². The summed E-state index contributed by atoms with van der Waals surface area (Å²) in [7, 11) is 0. The SMILES string of the molecule is c1ccc(-c2cccc(N(c3ccc(-c4c5sc(-c6ccccc6)nc5cc5c4sc4ccccc45)cc3)c3ccc(-c4ccccc4)c(-c4ccc5ccccc5c4)c3)c2)cc1. The number of thiazole rings is 1. The molecule has 0 aliphatic heterocycles. The molecule has 4 heteroatoms. The second-order valence-corrected chi connectivity index (χ2v) is 18.0. The minimum absolute atomic E-state index is 1.04. The largest absolute Gasteiger partial charge is 0.310 e. The molecule has 12 aromatic rings. The van der Waals surface area contributed by atoms with Gasteiger partial charge in [-0.3, -0.25) is 0 Å². The maximum atomic E-state index is 5.26. The van der Waals surface area contributed by atoms with Crippen molar-refractivity contribution in [1.82, 2.24) is 4.98 Å². The third kappa shape index (κ3) is 6.77. The molecule has 0 saturated carbocycles. The molecule has 0 amide bonds. The van der Waals surface area contributed by atoms with Gasteiger partial charge in [-0.05, 0) is 104 Å². The molecule has 2 aromatic heterocycles. The monoisotopic (exact) mass is 838 g/mol. The molecular weight excluding hydrogens is 801 g/mol. The van der Waals surface area contributed by atoms with Crippen molar-refractivity contribution in [2.45, 2.75) is 0 Å². The van der Waals surface area contributed by atoms with Crippen molar-refractivity contribution in [3.8, 4) is 55.1 Å². The van der Waals surface area contributed by atoms with E-state index in [1.54, 1.807) is 11.3 Å². The van der Waals surface area contributed by atoms with Gasteiger partial charge in [0.25, 0.3) is 0 Å². The zero-order valence-corrected chi connectivity index (χ0v) is 35.8. The molecular formula is C59H38N2S2. The number of hydrogen-bond acceptors (Lipinski definition) is 4. The zero-order valence-electron chi connectivity index (χ0n) is 34.2. The van der Waals surface area contributed by atoms with E-state index in [1.165, 1.54) is 80.2 Å². The van der Waals surface area contributed by atoms with Crippen molar-refractivity contribution in [2.75, 3.05) is 4.90 Å². The lowest BCUT2D eigenvalue weighted by molar-refractivity contribution is 1.28. The number of nitrogens with zero attached hydrogens (tertiary/aromatic N) is 2. The molecule has 0 aliphatic carbocycles. The summed E-state index contributed by atoms with van der Waals surface area (Å²) < 4.78 is 3.80. The number of thiophene rings is 1. The topological polar surface area (TPSA) is 16.1 Å². The lowest BCUT2D eigenvalue weighted by atomic mass is 9.92. The first-order chi connectivity index (χ1) is 31.2. The Morgan fingerprint density at radius 3 is 1.76 bits per heavy atom. The van der Waals surface area contributed by atoms with Crippen molar-refractivity contribution in [3.05, 3.63) is 231 Å². The molecule has 12 rings (SSSR count). The van der Waals surface area contributed by atoms with Crippen LogP contribution in [0.25, 0.3) is 96.2 Å². The summed E-state index contributed by atoms with van der Waals surface area (Å²) >= 11 is 3.66. The molecule has 0 bridgehead atoms. The summed E-state index contributed by atoms with van der Waals surface area (Å²) in [5.74, 6) is 0. The van der Waals surface area contributed by atoms with Gasteiger partial charge in [-0.25, -0.2) is 4.98 Å². The highest BCUT2D eigenvalue weighted by molar-refractivity contribution is 7.27. The quantitative estimate of drug-likeness (QED) is 0.152. The van der Waals surface area contributed by atoms with Crippen LogP contribution in [-0.4, -0.2) is 4.98 Å². The normalized spacial score (nSPS) is 11.5. The minimum atomic E-state index is 1.04. The highest BCUT2D eigenvalue weighted by Crippen LogP contribution is 2.48. The third-order valence-corrected chi connectivity index (χ3v) is 14.4. The van der Waals surface area contributed by atoms with E-state index in [0.29, 0.717) is 0 Å². The van der Waals surface area contributed by atoms with Crippen LogP contribution in [0, 0.1) is 0 Å². The molecule has 0 fully saturated rings. The van der Waals surface area contributed by atoms with Crippen LogP contribution in [0.15, 0.2) is 231 Å². The average molecular weight is 839 g/mol. The molecule has 2 nitrogen and oxygen atoms in total. The van der Waals surface area contributed by atoms with Crippen molar-refractivity contribution in [3.63, 3.8) is 0 Å². The number of anilines is 3. The molecule has 0 saturated heterocycles. The fraction of sp³-hybridized carbons (Fsp3) is 0. The fourth-order valence-electron chi connectivity index (χ4n) is 9.03. The van der Waals surface area contributed by atoms with Crippen LogP contribution < -0.4 is 4.90 Å². The van der Waals surface area contributed by atoms with Crippen molar-refractivity contribution in [1.29, 1.82) is 0 Å². The van der Waals surface area contributed by atoms with E-state index >= 15 is 0 Å². The Hall–Kier alpha value is -7.63. The predicted molar refractivity (Wildman–Crippen MR) is 272 cm³/mol. The van der Waals surface area contributed by atoms with Crippen molar-refractivity contribution >= 4 is 80.9 Å². The van der Waals surface area contributed by atoms with E-state index in [-0.39, 0.29) is 0 Å². The standard InChI is InChI=1S/C59H38N2S2/c1-4-15-39(16-5-1)45-23-14-24-48(36-45)61(49-33-34-50(41-18-6-2-7-19-41)52(37-49)46-28-27-40-17-10-11-22-44(40)35-46)47-31-29-42(30-32-47)56-57-53(51-25-12-13-26-55(51)62-57)38-54-58(56)63-59(60-54)43-20-8-3-9-21-43/h1-38H. The number of hydrogen-bond donors (Lipinski definition) is 0. The van der Waals surface area contributed by atoms with Gasteiger partial charge in [0.15, 0.2) is 0 Å². The molecule has 2 heterocycles. The maximum Gasteiger partial charge on any atom is 0.124 e. The summed E-state index contributed by atoms with van der Waals surface area (Å²) in [6, 6.07) is 83.6. The average Bonchev–Trinajstić information content (AvgIpc) is 3.96. The van der Waals surface area contributed by atoms with Crippen LogP contribution in [0.1, 0.15) is 0 Å². The Kier molecular flexibility index (Phi) is 9.25. The Morgan fingerprint density at radius 2 is 0.968 bits per heavy atom. The summed E-state index contributed by atoms with van der Waals surface area (Å²) in [4.78, 5) is 7.67. The molecule has 0 N–H and O–H groups in total. The predicted octanol–water partition coefficient (Wildman–Crippen LogP) is 17.6. The molecule has 296 valence electrons. The first-order valence-electron chi connectivity index (χ1n) is 21.3. The first kappa shape index (κ1) is 37.2. The molecule has 0 atom stereocenters. The fourth-order valence-corrected chi connectivity index (χ4v) is 11.5. The molecule has 0 radical (unpaired) electrons. The summed E-state index contributed by atoms with van der Waals surface area (Å²) in [6.45, 7) is 0. The van der Waals surface area contributed by atoms with Gasteiger partial charge in [0.2, 0.25) is 0 Å². The molecule has 0 spiro atoms. The number of rotatable bonds is 8. The zero-order chi connectivity index (χ0) is 41.7. The van der Waals surface area contributed by atoms with Gasteiger partial charge in [0.1, 0.15) is 5.01 Å². The van der Waals surface area contributed by atoms with Crippen LogP contribution >= 0.6 is 22.7 Å². The minimum Gasteiger partial charge on any atom is -0.310 e. The van der Waals surface area contributed by atoms with Crippen LogP contribution in [0.2, 0.25) is 0 Å². The maximum absolute atomic E-state index is 5.26. The van der Waals surface area contributed by atoms with Crippen molar-refractivity contribution < 1.29 is 0 Å². The Balaban J connectivity index is 1.05. The van der Waals surface area contributed by atoms with E-state index in [4.69, 9.17) is 4.98 Å². The highest BCUT2D eigenvalue weighted by atomic mass is 32.1. The van der Waals surface area contributed by atoms with Gasteiger partial charge in [-0.2, -0.15) is 0 Å². The van der Waals surface area contributed by atoms with Gasteiger partial charge < -0.3 is 4.90 Å². The van der Waals surface area contributed by atoms with E-state index in [9.17, 15) is 0 Å². The molecule has 63 heavy (non-hydrogen) atoms. The van der Waals surface area contributed by atoms with Crippen LogP contribution in [0.3, 0.4) is 0 Å². The lowest BCUT2D eigenvalue weighted by Gasteiger charge is -2.27. The summed E-state index contributed by atoms with van der Waals surface area (Å²) in [5, 5.41) is 6.03. The van der Waals surface area contributed by atoms with Gasteiger partial charge in [0, 0.05) is 48.4 Å². The summed E-state index contributed by atoms with van der Waals surface area (Å²) in [5.41, 5.74) is 15.0. The van der Waals surface area contributed by atoms with Gasteiger partial charge >= 0.3 is 0 Å². The second-order valence-electron chi connectivity index (χ2n) is 15.9. The van der Waals surface area contributed by atoms with Gasteiger partial charge in [0.05, 0.1) is 10.2 Å². The Morgan fingerprint density at radius 1 is 0.333 bits per heavy atom. The number of aromatic nitrogens is 1. The Labute approximate surface area is 374 Å². The number of benzene rings is 10. The lowest BCUT2D eigenvalue weighted by Crippen LogP contribution is -2.10. The number of fused-ring (bicyclic) bond motifs is 5. The highest BCUT2D eigenvalue weighted by Gasteiger charge is 2.21. The summed E-state index contributed by atoms with van der Waals surface area (Å²) in [6.07, 6.45) is 0. The second kappa shape index (κ2) is 15.7. The Bertz CT molecular complexity index is 3610. The van der Waals surface area contributed by atoms with Crippen LogP contribution in [-0.2, 0) is 0 Å². The third-order valence-electron chi connectivity index (χ3n) is 12.1. The molecule has 0 aliphatic rings. The van der Waals surface area contributed by atoms with E-state index in [0.717, 1.165) is 33.1 Å². The van der Waals surface area contributed by atoms with E-state index in [2.05, 4.69) is 235 Å². The molecule has 0 unspecified atom stereocenters.